The van der Waals surface area contributed by atoms with Crippen molar-refractivity contribution >= 4 is 53.0 Å². The first-order chi connectivity index (χ1) is 15.0. The van der Waals surface area contributed by atoms with Gasteiger partial charge in [-0.3, -0.25) is 9.89 Å². The summed E-state index contributed by atoms with van der Waals surface area (Å²) >= 11 is 5.81. The molecule has 0 aliphatic heterocycles. The van der Waals surface area contributed by atoms with Gasteiger partial charge >= 0.3 is 12.2 Å². The van der Waals surface area contributed by atoms with Gasteiger partial charge in [0, 0.05) is 18.4 Å². The Labute approximate surface area is 195 Å². The second-order valence-electron chi connectivity index (χ2n) is 6.48. The number of benzene rings is 2. The van der Waals surface area contributed by atoms with Crippen molar-refractivity contribution in [1.82, 2.24) is 10.2 Å². The highest BCUT2D eigenvalue weighted by atomic mass is 35.5. The number of rotatable bonds is 6. The van der Waals surface area contributed by atoms with E-state index in [1.54, 1.807) is 0 Å². The lowest BCUT2D eigenvalue weighted by atomic mass is 10.2. The summed E-state index contributed by atoms with van der Waals surface area (Å²) in [6.45, 7) is 0.0681. The van der Waals surface area contributed by atoms with Crippen LogP contribution in [-0.4, -0.2) is 22.1 Å². The number of carbonyl (C=O) groups excluding carboxylic acids is 2. The normalized spacial score (nSPS) is 10.8. The van der Waals surface area contributed by atoms with Crippen LogP contribution in [0.2, 0.25) is 5.02 Å². The molecule has 176 valence electrons. The molecule has 2 aromatic carbocycles. The van der Waals surface area contributed by atoms with E-state index in [-0.39, 0.29) is 41.0 Å². The van der Waals surface area contributed by atoms with Crippen molar-refractivity contribution < 1.29 is 27.2 Å². The molecule has 6 N–H and O–H groups in total. The number of nitrogens with one attached hydrogen (secondary N) is 4. The number of anilines is 3. The number of H-pyrrole nitrogens is 1. The topological polar surface area (TPSA) is 125 Å². The highest BCUT2D eigenvalue weighted by Crippen LogP contribution is 2.33. The molecule has 3 amide bonds. The van der Waals surface area contributed by atoms with Crippen LogP contribution in [0, 0.1) is 5.82 Å². The predicted molar refractivity (Wildman–Crippen MR) is 117 cm³/mol. The molecule has 0 radical (unpaired) electrons. The molecule has 0 spiro atoms. The number of carbonyl (C=O) groups is 2. The summed E-state index contributed by atoms with van der Waals surface area (Å²) < 4.78 is 52.1. The number of aromatic nitrogens is 2. The Kier molecular flexibility index (Phi) is 8.12. The van der Waals surface area contributed by atoms with Crippen LogP contribution >= 0.6 is 24.0 Å². The van der Waals surface area contributed by atoms with E-state index in [1.807, 2.05) is 0 Å². The summed E-state index contributed by atoms with van der Waals surface area (Å²) in [5.41, 5.74) is 4.94. The number of alkyl halides is 3. The summed E-state index contributed by atoms with van der Waals surface area (Å²) in [5.74, 6) is -1.41. The smallest absolute Gasteiger partial charge is 0.378 e. The maximum atomic E-state index is 14.0. The molecule has 0 aliphatic carbocycles. The Hall–Kier alpha value is -3.51. The number of nitrogens with two attached hydrogens (primary N) is 1. The molecule has 0 unspecified atom stereocenters. The lowest BCUT2D eigenvalue weighted by Gasteiger charge is -2.13. The first kappa shape index (κ1) is 25.7. The number of primary amides is 1. The molecule has 0 bridgehead atoms. The van der Waals surface area contributed by atoms with Gasteiger partial charge in [0.2, 0.25) is 0 Å². The molecular weight excluding hydrogens is 491 g/mol. The van der Waals surface area contributed by atoms with Gasteiger partial charge in [-0.2, -0.15) is 18.3 Å². The Morgan fingerprint density at radius 1 is 1.09 bits per heavy atom. The minimum Gasteiger partial charge on any atom is -0.378 e. The SMILES string of the molecule is Cl.NC(=O)c1n[nH]cc1NCc1cc(F)cc(NC(=O)Nc2ccc(C(F)(F)F)cc2Cl)c1. The minimum absolute atomic E-state index is 0. The van der Waals surface area contributed by atoms with E-state index < -0.39 is 29.5 Å². The largest absolute Gasteiger partial charge is 0.416 e. The monoisotopic (exact) mass is 506 g/mol. The summed E-state index contributed by atoms with van der Waals surface area (Å²) in [4.78, 5) is 23.5. The number of amides is 3. The van der Waals surface area contributed by atoms with Gasteiger partial charge in [-0.1, -0.05) is 11.6 Å². The van der Waals surface area contributed by atoms with E-state index in [0.29, 0.717) is 17.3 Å². The fraction of sp³-hybridized carbons (Fsp3) is 0.105. The van der Waals surface area contributed by atoms with Gasteiger partial charge in [0.25, 0.3) is 5.91 Å². The van der Waals surface area contributed by atoms with Gasteiger partial charge in [0.1, 0.15) is 5.82 Å². The predicted octanol–water partition coefficient (Wildman–Crippen LogP) is 5.00. The molecule has 33 heavy (non-hydrogen) atoms. The van der Waals surface area contributed by atoms with Crippen LogP contribution in [0.3, 0.4) is 0 Å². The van der Waals surface area contributed by atoms with Crippen molar-refractivity contribution in [3.63, 3.8) is 0 Å². The Morgan fingerprint density at radius 3 is 2.45 bits per heavy atom. The van der Waals surface area contributed by atoms with E-state index in [1.165, 1.54) is 18.3 Å². The number of halogens is 6. The van der Waals surface area contributed by atoms with Crippen LogP contribution in [0.15, 0.2) is 42.6 Å². The standard InChI is InChI=1S/C19H15ClF4N6O2.ClH/c20-13-5-10(19(22,23)24)1-2-14(13)29-18(32)28-12-4-9(3-11(21)6-12)7-26-15-8-27-30-16(15)17(25)31;/h1-6,8,26H,7H2,(H2,25,31)(H,27,30)(H2,28,29,32);1H. The first-order valence-corrected chi connectivity index (χ1v) is 9.22. The molecule has 1 aromatic heterocycles. The third-order valence-electron chi connectivity index (χ3n) is 4.12. The minimum atomic E-state index is -4.58. The van der Waals surface area contributed by atoms with Crippen LogP contribution < -0.4 is 21.7 Å². The van der Waals surface area contributed by atoms with Crippen LogP contribution in [0.5, 0.6) is 0 Å². The fourth-order valence-corrected chi connectivity index (χ4v) is 2.94. The lowest BCUT2D eigenvalue weighted by Crippen LogP contribution is -2.20. The van der Waals surface area contributed by atoms with Gasteiger partial charge in [0.15, 0.2) is 5.69 Å². The molecule has 3 rings (SSSR count). The van der Waals surface area contributed by atoms with Crippen LogP contribution in [-0.2, 0) is 12.7 Å². The molecule has 0 fully saturated rings. The maximum Gasteiger partial charge on any atom is 0.416 e. The number of hydrogen-bond acceptors (Lipinski definition) is 4. The third kappa shape index (κ3) is 6.73. The molecule has 0 atom stereocenters. The number of urea groups is 1. The molecule has 3 aromatic rings. The van der Waals surface area contributed by atoms with E-state index in [0.717, 1.165) is 18.2 Å². The lowest BCUT2D eigenvalue weighted by molar-refractivity contribution is -0.137. The van der Waals surface area contributed by atoms with Crippen LogP contribution in [0.25, 0.3) is 0 Å². The zero-order valence-electron chi connectivity index (χ0n) is 16.4. The van der Waals surface area contributed by atoms with Crippen molar-refractivity contribution in [3.05, 3.63) is 70.3 Å². The quantitative estimate of drug-likeness (QED) is 0.301. The number of aromatic amines is 1. The van der Waals surface area contributed by atoms with Crippen molar-refractivity contribution in [1.29, 1.82) is 0 Å². The highest BCUT2D eigenvalue weighted by Gasteiger charge is 2.31. The Bertz CT molecular complexity index is 1170. The van der Waals surface area contributed by atoms with E-state index in [9.17, 15) is 27.2 Å². The first-order valence-electron chi connectivity index (χ1n) is 8.84. The third-order valence-corrected chi connectivity index (χ3v) is 4.43. The summed E-state index contributed by atoms with van der Waals surface area (Å²) in [6, 6.07) is 5.31. The van der Waals surface area contributed by atoms with Crippen molar-refractivity contribution in [2.75, 3.05) is 16.0 Å². The average Bonchev–Trinajstić information content (AvgIpc) is 3.15. The Morgan fingerprint density at radius 2 is 1.82 bits per heavy atom. The van der Waals surface area contributed by atoms with Gasteiger partial charge in [0.05, 0.1) is 22.0 Å². The summed E-state index contributed by atoms with van der Waals surface area (Å²) in [7, 11) is 0. The van der Waals surface area contributed by atoms with E-state index >= 15 is 0 Å². The van der Waals surface area contributed by atoms with E-state index in [4.69, 9.17) is 17.3 Å². The van der Waals surface area contributed by atoms with Crippen molar-refractivity contribution in [2.45, 2.75) is 12.7 Å². The molecule has 0 saturated heterocycles. The van der Waals surface area contributed by atoms with Crippen molar-refractivity contribution in [2.24, 2.45) is 5.73 Å². The number of hydrogen-bond donors (Lipinski definition) is 5. The highest BCUT2D eigenvalue weighted by molar-refractivity contribution is 6.33. The molecule has 14 heteroatoms. The second kappa shape index (κ2) is 10.4. The zero-order valence-corrected chi connectivity index (χ0v) is 18.0. The Balaban J connectivity index is 0.00000385. The van der Waals surface area contributed by atoms with E-state index in [2.05, 4.69) is 26.1 Å². The molecule has 0 aliphatic rings. The second-order valence-corrected chi connectivity index (χ2v) is 6.89. The molecule has 8 nitrogen and oxygen atoms in total. The average molecular weight is 507 g/mol. The summed E-state index contributed by atoms with van der Waals surface area (Å²) in [6.07, 6.45) is -3.18. The van der Waals surface area contributed by atoms with Gasteiger partial charge in [-0.15, -0.1) is 12.4 Å². The fourth-order valence-electron chi connectivity index (χ4n) is 2.71. The zero-order chi connectivity index (χ0) is 23.5. The molecule has 0 saturated carbocycles. The number of nitrogens with zero attached hydrogens (tertiary/aromatic N) is 1. The van der Waals surface area contributed by atoms with Gasteiger partial charge < -0.3 is 21.7 Å². The van der Waals surface area contributed by atoms with Crippen molar-refractivity contribution in [3.8, 4) is 0 Å². The van der Waals surface area contributed by atoms with Gasteiger partial charge in [-0.25, -0.2) is 9.18 Å². The van der Waals surface area contributed by atoms with Crippen LogP contribution in [0.4, 0.5) is 39.4 Å². The molecule has 1 heterocycles. The van der Waals surface area contributed by atoms with Crippen LogP contribution in [0.1, 0.15) is 21.6 Å². The molecular formula is C19H16Cl2F4N6O2. The maximum absolute atomic E-state index is 14.0. The van der Waals surface area contributed by atoms with Gasteiger partial charge in [-0.05, 0) is 42.0 Å². The summed E-state index contributed by atoms with van der Waals surface area (Å²) in [5, 5.41) is 13.4.